The van der Waals surface area contributed by atoms with Crippen molar-refractivity contribution in [2.45, 2.75) is 57.4 Å². The fourth-order valence-electron chi connectivity index (χ4n) is 2.67. The van der Waals surface area contributed by atoms with Gasteiger partial charge < -0.3 is 11.1 Å². The Bertz CT molecular complexity index is 243. The summed E-state index contributed by atoms with van der Waals surface area (Å²) in [4.78, 5) is 12.2. The van der Waals surface area contributed by atoms with Crippen molar-refractivity contribution in [3.63, 3.8) is 0 Å². The molecule has 0 aromatic carbocycles. The maximum atomic E-state index is 12.2. The monoisotopic (exact) mass is 210 g/mol. The lowest BCUT2D eigenvalue weighted by Crippen LogP contribution is -2.60. The predicted octanol–water partition coefficient (Wildman–Crippen LogP) is 1.56. The molecular formula is C12H22N2O. The van der Waals surface area contributed by atoms with Gasteiger partial charge in [-0.25, -0.2) is 0 Å². The molecule has 0 radical (unpaired) electrons. The van der Waals surface area contributed by atoms with Gasteiger partial charge in [0.25, 0.3) is 0 Å². The topological polar surface area (TPSA) is 55.1 Å². The molecule has 0 saturated heterocycles. The van der Waals surface area contributed by atoms with E-state index in [2.05, 4.69) is 12.2 Å². The minimum atomic E-state index is -0.211. The van der Waals surface area contributed by atoms with Crippen molar-refractivity contribution in [2.24, 2.45) is 11.1 Å². The molecule has 0 unspecified atom stereocenters. The molecule has 2 aliphatic carbocycles. The van der Waals surface area contributed by atoms with Crippen molar-refractivity contribution < 1.29 is 4.79 Å². The summed E-state index contributed by atoms with van der Waals surface area (Å²) >= 11 is 0. The fourth-order valence-corrected chi connectivity index (χ4v) is 2.67. The van der Waals surface area contributed by atoms with Crippen LogP contribution in [0.2, 0.25) is 0 Å². The number of nitrogens with two attached hydrogens (primary N) is 1. The molecule has 0 spiro atoms. The SMILES string of the molecule is CCC1(NC(=O)C2(CN)CCC2)CCC1. The quantitative estimate of drug-likeness (QED) is 0.740. The average molecular weight is 210 g/mol. The molecule has 0 atom stereocenters. The number of rotatable bonds is 4. The molecule has 15 heavy (non-hydrogen) atoms. The molecule has 1 amide bonds. The summed E-state index contributed by atoms with van der Waals surface area (Å²) < 4.78 is 0. The first-order valence-electron chi connectivity index (χ1n) is 6.19. The molecule has 3 nitrogen and oxygen atoms in total. The normalized spacial score (nSPS) is 26.3. The van der Waals surface area contributed by atoms with Crippen LogP contribution in [0, 0.1) is 5.41 Å². The van der Waals surface area contributed by atoms with Crippen LogP contribution in [0.25, 0.3) is 0 Å². The van der Waals surface area contributed by atoms with E-state index in [0.29, 0.717) is 6.54 Å². The van der Waals surface area contributed by atoms with Gasteiger partial charge in [-0.15, -0.1) is 0 Å². The summed E-state index contributed by atoms with van der Waals surface area (Å²) in [5.74, 6) is 0.220. The first-order chi connectivity index (χ1) is 7.16. The maximum Gasteiger partial charge on any atom is 0.227 e. The Labute approximate surface area is 91.8 Å². The van der Waals surface area contributed by atoms with Crippen LogP contribution >= 0.6 is 0 Å². The maximum absolute atomic E-state index is 12.2. The number of carbonyl (C=O) groups is 1. The lowest BCUT2D eigenvalue weighted by Gasteiger charge is -2.47. The first-order valence-corrected chi connectivity index (χ1v) is 6.19. The van der Waals surface area contributed by atoms with Crippen molar-refractivity contribution >= 4 is 5.91 Å². The summed E-state index contributed by atoms with van der Waals surface area (Å²) in [6.45, 7) is 2.67. The highest BCUT2D eigenvalue weighted by molar-refractivity contribution is 5.84. The second-order valence-electron chi connectivity index (χ2n) is 5.28. The van der Waals surface area contributed by atoms with Gasteiger partial charge in [0.1, 0.15) is 0 Å². The van der Waals surface area contributed by atoms with Crippen molar-refractivity contribution in [2.75, 3.05) is 6.54 Å². The molecule has 3 heteroatoms. The smallest absolute Gasteiger partial charge is 0.227 e. The van der Waals surface area contributed by atoms with Crippen molar-refractivity contribution in [3.8, 4) is 0 Å². The van der Waals surface area contributed by atoms with Crippen LogP contribution in [-0.4, -0.2) is 18.0 Å². The van der Waals surface area contributed by atoms with Gasteiger partial charge in [0.05, 0.1) is 5.41 Å². The Morgan fingerprint density at radius 2 is 1.87 bits per heavy atom. The second kappa shape index (κ2) is 3.78. The summed E-state index contributed by atoms with van der Waals surface area (Å²) in [5, 5.41) is 3.25. The summed E-state index contributed by atoms with van der Waals surface area (Å²) in [7, 11) is 0. The predicted molar refractivity (Wildman–Crippen MR) is 60.4 cm³/mol. The molecular weight excluding hydrogens is 188 g/mol. The zero-order valence-electron chi connectivity index (χ0n) is 9.64. The molecule has 2 saturated carbocycles. The standard InChI is InChI=1S/C12H22N2O/c1-2-12(7-4-8-12)14-10(15)11(9-13)5-3-6-11/h2-9,13H2,1H3,(H,14,15). The Morgan fingerprint density at radius 3 is 2.13 bits per heavy atom. The highest BCUT2D eigenvalue weighted by Crippen LogP contribution is 2.42. The largest absolute Gasteiger partial charge is 0.350 e. The Balaban J connectivity index is 1.96. The molecule has 2 fully saturated rings. The van der Waals surface area contributed by atoms with E-state index in [1.807, 2.05) is 0 Å². The molecule has 2 aliphatic rings. The van der Waals surface area contributed by atoms with Crippen LogP contribution in [0.3, 0.4) is 0 Å². The third-order valence-corrected chi connectivity index (χ3v) is 4.55. The van der Waals surface area contributed by atoms with Crippen LogP contribution < -0.4 is 11.1 Å². The van der Waals surface area contributed by atoms with E-state index in [4.69, 9.17) is 5.73 Å². The van der Waals surface area contributed by atoms with Gasteiger partial charge in [0.2, 0.25) is 5.91 Å². The third-order valence-electron chi connectivity index (χ3n) is 4.55. The van der Waals surface area contributed by atoms with Crippen molar-refractivity contribution in [1.82, 2.24) is 5.32 Å². The minimum Gasteiger partial charge on any atom is -0.350 e. The van der Waals surface area contributed by atoms with Crippen LogP contribution in [0.5, 0.6) is 0 Å². The number of amides is 1. The summed E-state index contributed by atoms with van der Waals surface area (Å²) in [6.07, 6.45) is 7.73. The van der Waals surface area contributed by atoms with E-state index in [-0.39, 0.29) is 16.9 Å². The molecule has 2 rings (SSSR count). The van der Waals surface area contributed by atoms with Gasteiger partial charge in [0, 0.05) is 12.1 Å². The Morgan fingerprint density at radius 1 is 1.27 bits per heavy atom. The lowest BCUT2D eigenvalue weighted by molar-refractivity contribution is -0.138. The number of carbonyl (C=O) groups excluding carboxylic acids is 1. The average Bonchev–Trinajstić information content (AvgIpc) is 2.10. The van der Waals surface area contributed by atoms with Gasteiger partial charge in [-0.1, -0.05) is 13.3 Å². The van der Waals surface area contributed by atoms with Crippen molar-refractivity contribution in [1.29, 1.82) is 0 Å². The van der Waals surface area contributed by atoms with Gasteiger partial charge in [-0.2, -0.15) is 0 Å². The van der Waals surface area contributed by atoms with Crippen LogP contribution in [0.4, 0.5) is 0 Å². The fraction of sp³-hybridized carbons (Fsp3) is 0.917. The number of nitrogens with one attached hydrogen (secondary N) is 1. The van der Waals surface area contributed by atoms with Gasteiger partial charge in [-0.3, -0.25) is 4.79 Å². The molecule has 0 aromatic heterocycles. The van der Waals surface area contributed by atoms with E-state index >= 15 is 0 Å². The Hall–Kier alpha value is -0.570. The first kappa shape index (κ1) is 10.9. The van der Waals surface area contributed by atoms with E-state index in [9.17, 15) is 4.79 Å². The van der Waals surface area contributed by atoms with E-state index in [1.54, 1.807) is 0 Å². The molecule has 86 valence electrons. The van der Waals surface area contributed by atoms with Crippen LogP contribution in [0.15, 0.2) is 0 Å². The molecule has 0 aliphatic heterocycles. The van der Waals surface area contributed by atoms with Gasteiger partial charge in [0.15, 0.2) is 0 Å². The van der Waals surface area contributed by atoms with E-state index in [0.717, 1.165) is 38.5 Å². The Kier molecular flexibility index (Phi) is 2.75. The van der Waals surface area contributed by atoms with E-state index in [1.165, 1.54) is 6.42 Å². The van der Waals surface area contributed by atoms with Gasteiger partial charge in [-0.05, 0) is 38.5 Å². The highest BCUT2D eigenvalue weighted by Gasteiger charge is 2.46. The summed E-state index contributed by atoms with van der Waals surface area (Å²) in [5.41, 5.74) is 5.64. The second-order valence-corrected chi connectivity index (χ2v) is 5.28. The minimum absolute atomic E-state index is 0.120. The molecule has 3 N–H and O–H groups in total. The number of hydrogen-bond acceptors (Lipinski definition) is 2. The number of hydrogen-bond donors (Lipinski definition) is 2. The zero-order valence-corrected chi connectivity index (χ0v) is 9.64. The molecule has 0 heterocycles. The van der Waals surface area contributed by atoms with Crippen molar-refractivity contribution in [3.05, 3.63) is 0 Å². The van der Waals surface area contributed by atoms with Crippen LogP contribution in [-0.2, 0) is 4.79 Å². The third kappa shape index (κ3) is 1.67. The molecule has 0 bridgehead atoms. The van der Waals surface area contributed by atoms with E-state index < -0.39 is 0 Å². The van der Waals surface area contributed by atoms with Gasteiger partial charge >= 0.3 is 0 Å². The zero-order chi connectivity index (χ0) is 10.9. The summed E-state index contributed by atoms with van der Waals surface area (Å²) in [6, 6.07) is 0. The van der Waals surface area contributed by atoms with Crippen LogP contribution in [0.1, 0.15) is 51.9 Å². The highest BCUT2D eigenvalue weighted by atomic mass is 16.2. The molecule has 0 aromatic rings. The lowest BCUT2D eigenvalue weighted by atomic mass is 9.66.